The summed E-state index contributed by atoms with van der Waals surface area (Å²) in [6.07, 6.45) is -4.75. The van der Waals surface area contributed by atoms with Crippen molar-refractivity contribution in [3.63, 3.8) is 0 Å². The molecule has 0 atom stereocenters. The molecular weight excluding hydrogens is 463 g/mol. The molecule has 0 aliphatic rings. The van der Waals surface area contributed by atoms with E-state index in [1.165, 1.54) is 31.2 Å². The van der Waals surface area contributed by atoms with Gasteiger partial charge in [-0.25, -0.2) is 13.2 Å². The van der Waals surface area contributed by atoms with Crippen LogP contribution in [0, 0.1) is 18.3 Å². The molecule has 8 nitrogen and oxygen atoms in total. The van der Waals surface area contributed by atoms with Crippen LogP contribution in [0.5, 0.6) is 0 Å². The number of carboxylic acids is 1. The molecule has 1 heterocycles. The summed E-state index contributed by atoms with van der Waals surface area (Å²) in [5.41, 5.74) is -3.60. The average Bonchev–Trinajstić information content (AvgIpc) is 2.73. The van der Waals surface area contributed by atoms with Crippen molar-refractivity contribution in [2.45, 2.75) is 18.0 Å². The van der Waals surface area contributed by atoms with Crippen LogP contribution < -0.4 is 10.3 Å². The van der Waals surface area contributed by atoms with Crippen molar-refractivity contribution in [2.24, 2.45) is 0 Å². The minimum atomic E-state index is -4.75. The van der Waals surface area contributed by atoms with Crippen molar-refractivity contribution >= 4 is 21.7 Å². The minimum Gasteiger partial charge on any atom is -0.477 e. The lowest BCUT2D eigenvalue weighted by Crippen LogP contribution is -2.30. The van der Waals surface area contributed by atoms with E-state index in [9.17, 15) is 36.3 Å². The fourth-order valence-electron chi connectivity index (χ4n) is 3.06. The van der Waals surface area contributed by atoms with E-state index in [1.807, 2.05) is 6.07 Å². The molecule has 33 heavy (non-hydrogen) atoms. The SMILES string of the molecule is Cc1c(S(=O)(=O)Nc2ccc(C#N)cc2)cc(C(=O)O)c(=O)n1-c1cccc(C(F)(F)F)c1. The van der Waals surface area contributed by atoms with Crippen LogP contribution in [0.3, 0.4) is 0 Å². The van der Waals surface area contributed by atoms with E-state index in [4.69, 9.17) is 5.26 Å². The maximum absolute atomic E-state index is 13.1. The number of carboxylic acid groups (broad SMARTS) is 1. The van der Waals surface area contributed by atoms with Gasteiger partial charge in [0, 0.05) is 17.1 Å². The number of hydrogen-bond acceptors (Lipinski definition) is 5. The van der Waals surface area contributed by atoms with E-state index in [1.54, 1.807) is 0 Å². The molecule has 2 aromatic carbocycles. The highest BCUT2D eigenvalue weighted by Crippen LogP contribution is 2.31. The molecule has 3 rings (SSSR count). The van der Waals surface area contributed by atoms with Gasteiger partial charge in [0.05, 0.1) is 17.2 Å². The van der Waals surface area contributed by atoms with Gasteiger partial charge in [0.25, 0.3) is 15.6 Å². The Morgan fingerprint density at radius 1 is 1.12 bits per heavy atom. The highest BCUT2D eigenvalue weighted by molar-refractivity contribution is 7.92. The molecule has 2 N–H and O–H groups in total. The van der Waals surface area contributed by atoms with Gasteiger partial charge < -0.3 is 5.11 Å². The topological polar surface area (TPSA) is 129 Å². The zero-order valence-corrected chi connectivity index (χ0v) is 17.5. The highest BCUT2D eigenvalue weighted by Gasteiger charge is 2.31. The number of pyridine rings is 1. The first-order chi connectivity index (χ1) is 15.3. The Hall–Kier alpha value is -4.11. The van der Waals surface area contributed by atoms with Gasteiger partial charge in [-0.2, -0.15) is 18.4 Å². The summed E-state index contributed by atoms with van der Waals surface area (Å²) in [5.74, 6) is -1.75. The van der Waals surface area contributed by atoms with E-state index in [0.29, 0.717) is 16.7 Å². The van der Waals surface area contributed by atoms with Crippen LogP contribution in [0.15, 0.2) is 64.3 Å². The van der Waals surface area contributed by atoms with E-state index in [2.05, 4.69) is 4.72 Å². The zero-order valence-electron chi connectivity index (χ0n) is 16.7. The molecule has 0 aliphatic heterocycles. The molecule has 0 fully saturated rings. The Bertz CT molecular complexity index is 1450. The predicted molar refractivity (Wildman–Crippen MR) is 111 cm³/mol. The van der Waals surface area contributed by atoms with E-state index in [-0.39, 0.29) is 22.6 Å². The van der Waals surface area contributed by atoms with Gasteiger partial charge in [0.1, 0.15) is 10.5 Å². The van der Waals surface area contributed by atoms with E-state index < -0.39 is 43.8 Å². The van der Waals surface area contributed by atoms with Crippen LogP contribution >= 0.6 is 0 Å². The number of halogens is 3. The number of aromatic carboxylic acids is 1. The standard InChI is InChI=1S/C21H14F3N3O5S/c1-12-18(33(31,32)26-15-7-5-13(11-25)6-8-15)10-17(20(29)30)19(28)27(12)16-4-2-3-14(9-16)21(22,23)24/h2-10,26H,1H3,(H,29,30). The van der Waals surface area contributed by atoms with Crippen LogP contribution in [-0.4, -0.2) is 24.1 Å². The number of nitriles is 1. The molecule has 12 heteroatoms. The number of nitrogens with zero attached hydrogens (tertiary/aromatic N) is 2. The summed E-state index contributed by atoms with van der Waals surface area (Å²) >= 11 is 0. The van der Waals surface area contributed by atoms with Gasteiger partial charge in [-0.15, -0.1) is 0 Å². The van der Waals surface area contributed by atoms with E-state index >= 15 is 0 Å². The molecule has 0 bridgehead atoms. The van der Waals surface area contributed by atoms with Crippen molar-refractivity contribution in [3.05, 3.63) is 87.3 Å². The number of aromatic nitrogens is 1. The lowest BCUT2D eigenvalue weighted by Gasteiger charge is -2.17. The Kier molecular flexibility index (Phi) is 6.02. The van der Waals surface area contributed by atoms with Gasteiger partial charge >= 0.3 is 12.1 Å². The molecule has 0 radical (unpaired) electrons. The molecule has 3 aromatic rings. The third-order valence-electron chi connectivity index (χ3n) is 4.62. The second-order valence-corrected chi connectivity index (χ2v) is 8.45. The van der Waals surface area contributed by atoms with Crippen molar-refractivity contribution in [2.75, 3.05) is 4.72 Å². The molecular formula is C21H14F3N3O5S. The fraction of sp³-hybridized carbons (Fsp3) is 0.0952. The number of alkyl halides is 3. The Labute approximate surface area is 185 Å². The lowest BCUT2D eigenvalue weighted by molar-refractivity contribution is -0.137. The summed E-state index contributed by atoms with van der Waals surface area (Å²) < 4.78 is 68.3. The van der Waals surface area contributed by atoms with Crippen LogP contribution in [0.1, 0.15) is 27.2 Å². The van der Waals surface area contributed by atoms with Crippen LogP contribution in [0.25, 0.3) is 5.69 Å². The van der Waals surface area contributed by atoms with Gasteiger partial charge in [0.2, 0.25) is 0 Å². The number of rotatable bonds is 5. The highest BCUT2D eigenvalue weighted by atomic mass is 32.2. The predicted octanol–water partition coefficient (Wildman–Crippen LogP) is 3.54. The first-order valence-electron chi connectivity index (χ1n) is 9.05. The van der Waals surface area contributed by atoms with Gasteiger partial charge in [-0.05, 0) is 55.5 Å². The molecule has 0 spiro atoms. The Morgan fingerprint density at radius 3 is 2.30 bits per heavy atom. The van der Waals surface area contributed by atoms with E-state index in [0.717, 1.165) is 18.2 Å². The maximum atomic E-state index is 13.1. The summed E-state index contributed by atoms with van der Waals surface area (Å²) in [4.78, 5) is 23.7. The van der Waals surface area contributed by atoms with Crippen LogP contribution in [-0.2, 0) is 16.2 Å². The number of benzene rings is 2. The fourth-order valence-corrected chi connectivity index (χ4v) is 4.37. The molecule has 0 saturated carbocycles. The first kappa shape index (κ1) is 23.6. The second-order valence-electron chi connectivity index (χ2n) is 6.80. The van der Waals surface area contributed by atoms with Crippen molar-refractivity contribution < 1.29 is 31.5 Å². The van der Waals surface area contributed by atoms with Gasteiger partial charge in [-0.3, -0.25) is 14.1 Å². The number of anilines is 1. The molecule has 1 aromatic heterocycles. The molecule has 0 amide bonds. The first-order valence-corrected chi connectivity index (χ1v) is 10.5. The third-order valence-corrected chi connectivity index (χ3v) is 6.12. The average molecular weight is 477 g/mol. The molecule has 0 unspecified atom stereocenters. The van der Waals surface area contributed by atoms with Crippen LogP contribution in [0.4, 0.5) is 18.9 Å². The number of hydrogen-bond donors (Lipinski definition) is 2. The number of sulfonamides is 1. The molecule has 0 aliphatic carbocycles. The minimum absolute atomic E-state index is 0.0436. The van der Waals surface area contributed by atoms with Crippen molar-refractivity contribution in [3.8, 4) is 11.8 Å². The normalized spacial score (nSPS) is 11.6. The monoisotopic (exact) mass is 477 g/mol. The van der Waals surface area contributed by atoms with Crippen molar-refractivity contribution in [1.82, 2.24) is 4.57 Å². The molecule has 170 valence electrons. The Morgan fingerprint density at radius 2 is 1.76 bits per heavy atom. The maximum Gasteiger partial charge on any atom is 0.416 e. The largest absolute Gasteiger partial charge is 0.477 e. The number of carbonyl (C=O) groups is 1. The quantitative estimate of drug-likeness (QED) is 0.578. The van der Waals surface area contributed by atoms with Gasteiger partial charge in [0.15, 0.2) is 0 Å². The molecule has 0 saturated heterocycles. The summed E-state index contributed by atoms with van der Waals surface area (Å²) in [6.45, 7) is 1.17. The van der Waals surface area contributed by atoms with Crippen molar-refractivity contribution in [1.29, 1.82) is 5.26 Å². The van der Waals surface area contributed by atoms with Crippen LogP contribution in [0.2, 0.25) is 0 Å². The zero-order chi connectivity index (χ0) is 24.6. The summed E-state index contributed by atoms with van der Waals surface area (Å²) in [5, 5.41) is 18.3. The summed E-state index contributed by atoms with van der Waals surface area (Å²) in [6, 6.07) is 11.3. The van der Waals surface area contributed by atoms with Gasteiger partial charge in [-0.1, -0.05) is 6.07 Å². The lowest BCUT2D eigenvalue weighted by atomic mass is 10.1. The Balaban J connectivity index is 2.24. The summed E-state index contributed by atoms with van der Waals surface area (Å²) in [7, 11) is -4.48. The smallest absolute Gasteiger partial charge is 0.416 e. The second kappa shape index (κ2) is 8.44. The third kappa shape index (κ3) is 4.73. The number of nitrogens with one attached hydrogen (secondary N) is 1.